The molecule has 186 valence electrons. The molecule has 0 aliphatic rings. The molecule has 3 aromatic carbocycles. The molecule has 0 unspecified atom stereocenters. The summed E-state index contributed by atoms with van der Waals surface area (Å²) in [7, 11) is 1.46. The van der Waals surface area contributed by atoms with Gasteiger partial charge in [-0.1, -0.05) is 28.1 Å². The van der Waals surface area contributed by atoms with Crippen LogP contribution < -0.4 is 15.0 Å². The quantitative estimate of drug-likeness (QED) is 0.113. The molecular weight excluding hydrogens is 674 g/mol. The highest BCUT2D eigenvalue weighted by Gasteiger charge is 2.20. The standard InChI is InChI=1S/C26H16Br3N3O5/c1-13(33)36-24-20(35-2)11-15(22(28)23(24)29)12-30-32-25(31-18-6-4-3-5-17(18)26(32)34)21-10-14-9-16(27)7-8-19(14)37-21/h3-12H,1-2H3. The lowest BCUT2D eigenvalue weighted by atomic mass is 10.2. The highest BCUT2D eigenvalue weighted by molar-refractivity contribution is 9.13. The number of hydrogen-bond donors (Lipinski definition) is 0. The molecule has 0 atom stereocenters. The molecule has 0 saturated carbocycles. The van der Waals surface area contributed by atoms with Gasteiger partial charge in [0.2, 0.25) is 5.82 Å². The molecule has 37 heavy (non-hydrogen) atoms. The van der Waals surface area contributed by atoms with Gasteiger partial charge in [0, 0.05) is 26.8 Å². The highest BCUT2D eigenvalue weighted by atomic mass is 79.9. The Kier molecular flexibility index (Phi) is 7.02. The van der Waals surface area contributed by atoms with Crippen LogP contribution in [0.5, 0.6) is 11.5 Å². The maximum Gasteiger partial charge on any atom is 0.308 e. The summed E-state index contributed by atoms with van der Waals surface area (Å²) < 4.78 is 19.8. The van der Waals surface area contributed by atoms with E-state index < -0.39 is 5.97 Å². The number of methoxy groups -OCH3 is 1. The zero-order valence-electron chi connectivity index (χ0n) is 19.3. The number of halogens is 3. The van der Waals surface area contributed by atoms with Crippen molar-refractivity contribution in [3.63, 3.8) is 0 Å². The number of para-hydroxylation sites is 1. The second-order valence-corrected chi connectivity index (χ2v) is 10.3. The van der Waals surface area contributed by atoms with Crippen LogP contribution in [-0.2, 0) is 4.79 Å². The van der Waals surface area contributed by atoms with Gasteiger partial charge in [0.05, 0.1) is 28.7 Å². The summed E-state index contributed by atoms with van der Waals surface area (Å²) in [5.41, 5.74) is 1.36. The number of aromatic nitrogens is 2. The van der Waals surface area contributed by atoms with E-state index in [2.05, 4.69) is 52.9 Å². The van der Waals surface area contributed by atoms with Crippen LogP contribution >= 0.6 is 47.8 Å². The predicted octanol–water partition coefficient (Wildman–Crippen LogP) is 6.91. The van der Waals surface area contributed by atoms with Crippen LogP contribution in [0.25, 0.3) is 33.5 Å². The zero-order chi connectivity index (χ0) is 26.3. The number of ether oxygens (including phenoxy) is 2. The van der Waals surface area contributed by atoms with E-state index in [-0.39, 0.29) is 17.1 Å². The fourth-order valence-corrected chi connectivity index (χ4v) is 5.00. The number of carbonyl (C=O) groups excluding carboxylic acids is 1. The van der Waals surface area contributed by atoms with Gasteiger partial charge in [-0.2, -0.15) is 9.78 Å². The minimum atomic E-state index is -0.497. The van der Waals surface area contributed by atoms with Crippen molar-refractivity contribution in [2.45, 2.75) is 6.92 Å². The van der Waals surface area contributed by atoms with Crippen LogP contribution in [0, 0.1) is 0 Å². The van der Waals surface area contributed by atoms with Crippen molar-refractivity contribution in [1.29, 1.82) is 0 Å². The van der Waals surface area contributed by atoms with E-state index in [4.69, 9.17) is 18.9 Å². The third-order valence-corrected chi connectivity index (χ3v) is 8.02. The number of fused-ring (bicyclic) bond motifs is 2. The van der Waals surface area contributed by atoms with Gasteiger partial charge < -0.3 is 13.9 Å². The Morgan fingerprint density at radius 3 is 2.62 bits per heavy atom. The Morgan fingerprint density at radius 2 is 1.86 bits per heavy atom. The summed E-state index contributed by atoms with van der Waals surface area (Å²) >= 11 is 10.4. The van der Waals surface area contributed by atoms with Crippen molar-refractivity contribution >= 4 is 81.8 Å². The maximum absolute atomic E-state index is 13.5. The molecule has 2 aromatic heterocycles. The average Bonchev–Trinajstić information content (AvgIpc) is 3.30. The van der Waals surface area contributed by atoms with Crippen LogP contribution in [0.3, 0.4) is 0 Å². The fraction of sp³-hybridized carbons (Fsp3) is 0.0769. The van der Waals surface area contributed by atoms with Crippen molar-refractivity contribution in [3.8, 4) is 23.1 Å². The molecule has 0 N–H and O–H groups in total. The smallest absolute Gasteiger partial charge is 0.308 e. The summed E-state index contributed by atoms with van der Waals surface area (Å²) in [6.45, 7) is 1.30. The molecule has 5 rings (SSSR count). The molecule has 0 aliphatic carbocycles. The Bertz CT molecular complexity index is 1790. The maximum atomic E-state index is 13.5. The number of esters is 1. The van der Waals surface area contributed by atoms with Gasteiger partial charge in [0.25, 0.3) is 5.56 Å². The summed E-state index contributed by atoms with van der Waals surface area (Å²) in [6, 6.07) is 16.1. The van der Waals surface area contributed by atoms with Gasteiger partial charge in [-0.05, 0) is 74.3 Å². The van der Waals surface area contributed by atoms with Crippen molar-refractivity contribution < 1.29 is 18.7 Å². The molecule has 0 radical (unpaired) electrons. The van der Waals surface area contributed by atoms with Gasteiger partial charge in [0.15, 0.2) is 17.3 Å². The number of rotatable bonds is 5. The number of hydrogen-bond acceptors (Lipinski definition) is 7. The van der Waals surface area contributed by atoms with E-state index in [1.165, 1.54) is 24.9 Å². The van der Waals surface area contributed by atoms with E-state index in [0.29, 0.717) is 42.5 Å². The molecule has 2 heterocycles. The molecule has 5 aromatic rings. The van der Waals surface area contributed by atoms with Crippen LogP contribution in [-0.4, -0.2) is 29.0 Å². The molecule has 0 aliphatic heterocycles. The number of nitrogens with zero attached hydrogens (tertiary/aromatic N) is 3. The topological polar surface area (TPSA) is 95.9 Å². The fourth-order valence-electron chi connectivity index (χ4n) is 3.72. The van der Waals surface area contributed by atoms with E-state index in [1.807, 2.05) is 30.3 Å². The first-order valence-corrected chi connectivity index (χ1v) is 13.1. The van der Waals surface area contributed by atoms with Crippen LogP contribution in [0.4, 0.5) is 0 Å². The molecule has 8 nitrogen and oxygen atoms in total. The Morgan fingerprint density at radius 1 is 1.08 bits per heavy atom. The van der Waals surface area contributed by atoms with Crippen LogP contribution in [0.15, 0.2) is 82.3 Å². The third-order valence-electron chi connectivity index (χ3n) is 5.39. The summed E-state index contributed by atoms with van der Waals surface area (Å²) in [4.78, 5) is 29.8. The summed E-state index contributed by atoms with van der Waals surface area (Å²) in [5, 5.41) is 5.75. The van der Waals surface area contributed by atoms with Gasteiger partial charge >= 0.3 is 5.97 Å². The number of benzene rings is 3. The first kappa shape index (κ1) is 25.4. The molecule has 0 spiro atoms. The SMILES string of the molecule is COc1cc(C=Nn2c(-c3cc4cc(Br)ccc4o3)nc3ccccc3c2=O)c(Br)c(Br)c1OC(C)=O. The van der Waals surface area contributed by atoms with Crippen molar-refractivity contribution in [2.24, 2.45) is 5.10 Å². The largest absolute Gasteiger partial charge is 0.493 e. The molecule has 0 saturated heterocycles. The first-order chi connectivity index (χ1) is 17.8. The minimum Gasteiger partial charge on any atom is -0.493 e. The molecular formula is C26H16Br3N3O5. The van der Waals surface area contributed by atoms with Crippen LogP contribution in [0.1, 0.15) is 12.5 Å². The van der Waals surface area contributed by atoms with E-state index >= 15 is 0 Å². The summed E-state index contributed by atoms with van der Waals surface area (Å²) in [6.07, 6.45) is 1.48. The van der Waals surface area contributed by atoms with Crippen molar-refractivity contribution in [2.75, 3.05) is 7.11 Å². The van der Waals surface area contributed by atoms with Crippen LogP contribution in [0.2, 0.25) is 0 Å². The molecule has 0 bridgehead atoms. The zero-order valence-corrected chi connectivity index (χ0v) is 24.0. The number of furan rings is 1. The van der Waals surface area contributed by atoms with Gasteiger partial charge in [-0.3, -0.25) is 9.59 Å². The second kappa shape index (κ2) is 10.2. The monoisotopic (exact) mass is 687 g/mol. The normalized spacial score (nSPS) is 11.5. The molecule has 11 heteroatoms. The van der Waals surface area contributed by atoms with Crippen molar-refractivity contribution in [1.82, 2.24) is 9.66 Å². The summed E-state index contributed by atoms with van der Waals surface area (Å²) in [5.74, 6) is 0.655. The van der Waals surface area contributed by atoms with E-state index in [9.17, 15) is 9.59 Å². The average molecular weight is 690 g/mol. The van der Waals surface area contributed by atoms with Gasteiger partial charge in [0.1, 0.15) is 5.58 Å². The molecule has 0 amide bonds. The number of carbonyl (C=O) groups is 1. The second-order valence-electron chi connectivity index (χ2n) is 7.83. The Labute approximate surface area is 235 Å². The van der Waals surface area contributed by atoms with Gasteiger partial charge in [-0.25, -0.2) is 4.98 Å². The van der Waals surface area contributed by atoms with Gasteiger partial charge in [-0.15, -0.1) is 0 Å². The Hall–Kier alpha value is -3.28. The van der Waals surface area contributed by atoms with E-state index in [0.717, 1.165) is 9.86 Å². The third kappa shape index (κ3) is 4.86. The first-order valence-electron chi connectivity index (χ1n) is 10.8. The van der Waals surface area contributed by atoms with E-state index in [1.54, 1.807) is 24.3 Å². The Balaban J connectivity index is 1.70. The molecule has 0 fully saturated rings. The lowest BCUT2D eigenvalue weighted by Gasteiger charge is -2.13. The van der Waals surface area contributed by atoms with Crippen molar-refractivity contribution in [3.05, 3.63) is 83.9 Å². The predicted molar refractivity (Wildman–Crippen MR) is 152 cm³/mol. The lowest BCUT2D eigenvalue weighted by molar-refractivity contribution is -0.132. The lowest BCUT2D eigenvalue weighted by Crippen LogP contribution is -2.20. The highest BCUT2D eigenvalue weighted by Crippen LogP contribution is 2.42. The minimum absolute atomic E-state index is 0.220.